The molecule has 0 amide bonds. The van der Waals surface area contributed by atoms with E-state index >= 15 is 0 Å². The Bertz CT molecular complexity index is 705. The molecular formula is C22H28O2. The normalized spacial score (nSPS) is 49.4. The average Bonchev–Trinajstić information content (AvgIpc) is 2.80. The Morgan fingerprint density at radius 3 is 2.75 bits per heavy atom. The van der Waals surface area contributed by atoms with E-state index in [0.29, 0.717) is 30.0 Å². The van der Waals surface area contributed by atoms with E-state index in [0.717, 1.165) is 32.1 Å². The molecule has 2 heteroatoms. The molecule has 128 valence electrons. The van der Waals surface area contributed by atoms with E-state index < -0.39 is 5.60 Å². The van der Waals surface area contributed by atoms with Crippen molar-refractivity contribution in [1.29, 1.82) is 0 Å². The second-order valence-electron chi connectivity index (χ2n) is 8.84. The molecule has 0 unspecified atom stereocenters. The van der Waals surface area contributed by atoms with Gasteiger partial charge in [0.05, 0.1) is 0 Å². The summed E-state index contributed by atoms with van der Waals surface area (Å²) in [5, 5.41) is 11.2. The van der Waals surface area contributed by atoms with Crippen molar-refractivity contribution in [3.8, 4) is 11.8 Å². The Kier molecular flexibility index (Phi) is 3.42. The highest BCUT2D eigenvalue weighted by atomic mass is 16.3. The molecule has 0 aliphatic heterocycles. The van der Waals surface area contributed by atoms with Crippen LogP contribution in [-0.2, 0) is 4.79 Å². The third-order valence-electron chi connectivity index (χ3n) is 7.94. The van der Waals surface area contributed by atoms with Crippen LogP contribution in [0.25, 0.3) is 0 Å². The summed E-state index contributed by atoms with van der Waals surface area (Å²) in [6.45, 7) is 6.43. The Balaban J connectivity index is 1.71. The quantitative estimate of drug-likeness (QED) is 0.539. The minimum atomic E-state index is -0.975. The maximum Gasteiger partial charge on any atom is 0.155 e. The van der Waals surface area contributed by atoms with E-state index in [1.54, 1.807) is 0 Å². The number of fused-ring (bicyclic) bond motifs is 5. The summed E-state index contributed by atoms with van der Waals surface area (Å²) in [4.78, 5) is 11.9. The largest absolute Gasteiger partial charge is 0.373 e. The zero-order valence-electron chi connectivity index (χ0n) is 15.1. The van der Waals surface area contributed by atoms with Crippen LogP contribution in [0.3, 0.4) is 0 Å². The number of hydrogen-bond donors (Lipinski definition) is 1. The fourth-order valence-corrected chi connectivity index (χ4v) is 6.42. The van der Waals surface area contributed by atoms with Crippen molar-refractivity contribution < 1.29 is 9.90 Å². The summed E-state index contributed by atoms with van der Waals surface area (Å²) >= 11 is 0. The van der Waals surface area contributed by atoms with Crippen LogP contribution in [0.15, 0.2) is 23.8 Å². The van der Waals surface area contributed by atoms with Crippen LogP contribution >= 0.6 is 0 Å². The van der Waals surface area contributed by atoms with Crippen LogP contribution in [0.1, 0.15) is 59.3 Å². The summed E-state index contributed by atoms with van der Waals surface area (Å²) < 4.78 is 0. The summed E-state index contributed by atoms with van der Waals surface area (Å²) in [6.07, 6.45) is 12.2. The van der Waals surface area contributed by atoms with Crippen LogP contribution in [-0.4, -0.2) is 16.5 Å². The number of carbonyl (C=O) groups is 1. The molecule has 1 N–H and O–H groups in total. The SMILES string of the molecule is CC#C[C@]1(O)C=C[C@H]2[C@@H]3CCC4=CC(=O)CC[C@]4(C)[C@H]3CC[C@@]21C. The fraction of sp³-hybridized carbons (Fsp3) is 0.682. The predicted molar refractivity (Wildman–Crippen MR) is 95.0 cm³/mol. The topological polar surface area (TPSA) is 37.3 Å². The molecule has 0 saturated heterocycles. The molecule has 24 heavy (non-hydrogen) atoms. The second-order valence-corrected chi connectivity index (χ2v) is 8.84. The second kappa shape index (κ2) is 5.09. The smallest absolute Gasteiger partial charge is 0.155 e. The highest BCUT2D eigenvalue weighted by Gasteiger charge is 2.61. The first-order valence-corrected chi connectivity index (χ1v) is 9.44. The van der Waals surface area contributed by atoms with Crippen LogP contribution in [0, 0.1) is 40.4 Å². The van der Waals surface area contributed by atoms with Gasteiger partial charge in [-0.25, -0.2) is 0 Å². The van der Waals surface area contributed by atoms with Gasteiger partial charge in [0, 0.05) is 11.8 Å². The lowest BCUT2D eigenvalue weighted by atomic mass is 9.46. The van der Waals surface area contributed by atoms with E-state index in [9.17, 15) is 9.90 Å². The summed E-state index contributed by atoms with van der Waals surface area (Å²) in [6, 6.07) is 0. The number of allylic oxidation sites excluding steroid dienone is 3. The highest BCUT2D eigenvalue weighted by Crippen LogP contribution is 2.65. The molecule has 2 nitrogen and oxygen atoms in total. The zero-order chi connectivity index (χ0) is 17.2. The number of hydrogen-bond acceptors (Lipinski definition) is 2. The first-order chi connectivity index (χ1) is 11.3. The molecular weight excluding hydrogens is 296 g/mol. The van der Waals surface area contributed by atoms with E-state index in [4.69, 9.17) is 0 Å². The summed E-state index contributed by atoms with van der Waals surface area (Å²) in [7, 11) is 0. The Labute approximate surface area is 145 Å². The third kappa shape index (κ3) is 1.91. The Morgan fingerprint density at radius 2 is 2.00 bits per heavy atom. The minimum absolute atomic E-state index is 0.167. The van der Waals surface area contributed by atoms with Gasteiger partial charge in [0.1, 0.15) is 5.60 Å². The van der Waals surface area contributed by atoms with Crippen molar-refractivity contribution in [2.45, 2.75) is 64.9 Å². The van der Waals surface area contributed by atoms with E-state index in [2.05, 4.69) is 31.8 Å². The van der Waals surface area contributed by atoms with Crippen molar-refractivity contribution >= 4 is 5.78 Å². The molecule has 4 aliphatic carbocycles. The first-order valence-electron chi connectivity index (χ1n) is 9.44. The molecule has 4 aliphatic rings. The molecule has 0 spiro atoms. The third-order valence-corrected chi connectivity index (χ3v) is 7.94. The number of rotatable bonds is 0. The van der Waals surface area contributed by atoms with Crippen LogP contribution < -0.4 is 0 Å². The van der Waals surface area contributed by atoms with E-state index in [1.165, 1.54) is 5.57 Å². The van der Waals surface area contributed by atoms with E-state index in [1.807, 2.05) is 19.1 Å². The lowest BCUT2D eigenvalue weighted by molar-refractivity contribution is -0.118. The molecule has 4 rings (SSSR count). The summed E-state index contributed by atoms with van der Waals surface area (Å²) in [5.41, 5.74) is 0.438. The Hall–Kier alpha value is -1.33. The molecule has 2 saturated carbocycles. The first kappa shape index (κ1) is 16.2. The molecule has 0 aromatic heterocycles. The van der Waals surface area contributed by atoms with Gasteiger partial charge >= 0.3 is 0 Å². The fourth-order valence-electron chi connectivity index (χ4n) is 6.42. The molecule has 0 bridgehead atoms. The molecule has 0 aromatic rings. The van der Waals surface area contributed by atoms with Crippen molar-refractivity contribution in [2.24, 2.45) is 28.6 Å². The number of aliphatic hydroxyl groups is 1. The van der Waals surface area contributed by atoms with E-state index in [-0.39, 0.29) is 10.8 Å². The lowest BCUT2D eigenvalue weighted by Gasteiger charge is -2.58. The van der Waals surface area contributed by atoms with Crippen molar-refractivity contribution in [1.82, 2.24) is 0 Å². The van der Waals surface area contributed by atoms with Crippen LogP contribution in [0.5, 0.6) is 0 Å². The average molecular weight is 324 g/mol. The molecule has 2 fully saturated rings. The standard InChI is InChI=1S/C22H28O2/c1-4-10-22(24)13-9-19-17-6-5-15-14-16(23)7-11-20(15,2)18(17)8-12-21(19,22)3/h9,13-14,17-19,24H,5-8,11-12H2,1-3H3/t17-,18+,19+,20+,21+,22+/m1/s1. The van der Waals surface area contributed by atoms with Crippen molar-refractivity contribution in [2.75, 3.05) is 0 Å². The van der Waals surface area contributed by atoms with Gasteiger partial charge in [-0.3, -0.25) is 4.79 Å². The van der Waals surface area contributed by atoms with Crippen molar-refractivity contribution in [3.05, 3.63) is 23.8 Å². The maximum atomic E-state index is 11.9. The van der Waals surface area contributed by atoms with Crippen LogP contribution in [0.2, 0.25) is 0 Å². The van der Waals surface area contributed by atoms with Gasteiger partial charge in [-0.05, 0) is 74.3 Å². The minimum Gasteiger partial charge on any atom is -0.373 e. The Morgan fingerprint density at radius 1 is 1.21 bits per heavy atom. The molecule has 0 radical (unpaired) electrons. The molecule has 6 atom stereocenters. The van der Waals surface area contributed by atoms with Gasteiger partial charge in [0.2, 0.25) is 0 Å². The van der Waals surface area contributed by atoms with Gasteiger partial charge in [0.15, 0.2) is 5.78 Å². The van der Waals surface area contributed by atoms with Gasteiger partial charge in [-0.15, -0.1) is 5.92 Å². The zero-order valence-corrected chi connectivity index (χ0v) is 15.1. The summed E-state index contributed by atoms with van der Waals surface area (Å²) in [5.74, 6) is 7.98. The van der Waals surface area contributed by atoms with Gasteiger partial charge in [-0.2, -0.15) is 0 Å². The van der Waals surface area contributed by atoms with Crippen molar-refractivity contribution in [3.63, 3.8) is 0 Å². The number of ketones is 1. The van der Waals surface area contributed by atoms with Crippen LogP contribution in [0.4, 0.5) is 0 Å². The molecule has 0 heterocycles. The number of carbonyl (C=O) groups excluding carboxylic acids is 1. The van der Waals surface area contributed by atoms with Gasteiger partial charge in [0.25, 0.3) is 0 Å². The predicted octanol–water partition coefficient (Wildman–Crippen LogP) is 4.05. The molecule has 0 aromatic carbocycles. The lowest BCUT2D eigenvalue weighted by Crippen LogP contribution is -2.55. The van der Waals surface area contributed by atoms with Gasteiger partial charge < -0.3 is 5.11 Å². The monoisotopic (exact) mass is 324 g/mol. The van der Waals surface area contributed by atoms with Gasteiger partial charge in [-0.1, -0.05) is 31.4 Å². The highest BCUT2D eigenvalue weighted by molar-refractivity contribution is 5.91. The maximum absolute atomic E-state index is 11.9.